The summed E-state index contributed by atoms with van der Waals surface area (Å²) in [5.41, 5.74) is 3.39. The number of pyridine rings is 1. The fourth-order valence-corrected chi connectivity index (χ4v) is 3.19. The van der Waals surface area contributed by atoms with E-state index in [1.165, 1.54) is 0 Å². The fourth-order valence-electron chi connectivity index (χ4n) is 3.19. The van der Waals surface area contributed by atoms with Crippen molar-refractivity contribution in [2.75, 3.05) is 5.32 Å². The van der Waals surface area contributed by atoms with Crippen LogP contribution in [0.2, 0.25) is 0 Å². The van der Waals surface area contributed by atoms with Crippen molar-refractivity contribution in [1.29, 1.82) is 0 Å². The van der Waals surface area contributed by atoms with Crippen LogP contribution in [0.15, 0.2) is 59.5 Å². The second-order valence-electron chi connectivity index (χ2n) is 8.43. The quantitative estimate of drug-likeness (QED) is 0.328. The van der Waals surface area contributed by atoms with Crippen molar-refractivity contribution in [3.05, 3.63) is 65.1 Å². The molecule has 0 radical (unpaired) electrons. The molecule has 0 spiro atoms. The summed E-state index contributed by atoms with van der Waals surface area (Å²) >= 11 is 0. The fraction of sp³-hybridized carbons (Fsp3) is 0.240. The van der Waals surface area contributed by atoms with Crippen LogP contribution in [-0.4, -0.2) is 32.7 Å². The van der Waals surface area contributed by atoms with E-state index in [1.54, 1.807) is 13.1 Å². The molecule has 33 heavy (non-hydrogen) atoms. The Kier molecular flexibility index (Phi) is 6.86. The number of ether oxygens (including phenoxy) is 1. The van der Waals surface area contributed by atoms with Gasteiger partial charge in [0.25, 0.3) is 5.56 Å². The minimum absolute atomic E-state index is 0.127. The largest absolute Gasteiger partial charge is 0.481 e. The van der Waals surface area contributed by atoms with Crippen molar-refractivity contribution in [2.24, 2.45) is 0 Å². The summed E-state index contributed by atoms with van der Waals surface area (Å²) in [4.78, 5) is 39.2. The van der Waals surface area contributed by atoms with Crippen LogP contribution in [0.4, 0.5) is 10.5 Å². The van der Waals surface area contributed by atoms with Crippen molar-refractivity contribution in [1.82, 2.24) is 9.97 Å². The summed E-state index contributed by atoms with van der Waals surface area (Å²) in [7, 11) is 0. The number of hydrogen-bond donors (Lipinski definition) is 4. The standard InChI is InChI=1S/C22H21N3O3.C3H6O2/c1-22(2,3)28-21(27)24-15-7-4-13(5-8-15)14-6-9-18-17(12-14)16-10-11-23-19(16)20(26)25-18;1-2-3(4)5/h4-12,23H,1-3H3,(H,24,27)(H,25,26);2H2,1H3,(H,4,5). The first-order valence-electron chi connectivity index (χ1n) is 10.5. The first-order chi connectivity index (χ1) is 15.6. The molecular formula is C25H27N3O5. The van der Waals surface area contributed by atoms with E-state index in [-0.39, 0.29) is 12.0 Å². The van der Waals surface area contributed by atoms with Crippen LogP contribution in [0.5, 0.6) is 0 Å². The molecule has 2 aromatic heterocycles. The van der Waals surface area contributed by atoms with Crippen LogP contribution in [0, 0.1) is 0 Å². The van der Waals surface area contributed by atoms with E-state index in [9.17, 15) is 14.4 Å². The van der Waals surface area contributed by atoms with E-state index in [4.69, 9.17) is 9.84 Å². The molecule has 4 aromatic rings. The molecule has 172 valence electrons. The maximum absolute atomic E-state index is 12.1. The Balaban J connectivity index is 0.000000555. The number of carbonyl (C=O) groups excluding carboxylic acids is 1. The molecule has 0 unspecified atom stereocenters. The smallest absolute Gasteiger partial charge is 0.412 e. The molecule has 1 amide bonds. The second-order valence-corrected chi connectivity index (χ2v) is 8.43. The van der Waals surface area contributed by atoms with Gasteiger partial charge < -0.3 is 19.8 Å². The third-order valence-electron chi connectivity index (χ3n) is 4.70. The lowest BCUT2D eigenvalue weighted by Gasteiger charge is -2.19. The van der Waals surface area contributed by atoms with Gasteiger partial charge in [-0.2, -0.15) is 0 Å². The molecule has 0 aliphatic rings. The highest BCUT2D eigenvalue weighted by atomic mass is 16.6. The zero-order chi connectivity index (χ0) is 24.2. The van der Waals surface area contributed by atoms with Gasteiger partial charge in [-0.3, -0.25) is 14.9 Å². The van der Waals surface area contributed by atoms with E-state index in [1.807, 2.05) is 63.2 Å². The van der Waals surface area contributed by atoms with Gasteiger partial charge in [0, 0.05) is 34.6 Å². The summed E-state index contributed by atoms with van der Waals surface area (Å²) in [6.45, 7) is 7.07. The van der Waals surface area contributed by atoms with Crippen molar-refractivity contribution >= 4 is 39.6 Å². The average Bonchev–Trinajstić information content (AvgIpc) is 3.24. The number of amides is 1. The Morgan fingerprint density at radius 3 is 2.24 bits per heavy atom. The lowest BCUT2D eigenvalue weighted by atomic mass is 10.0. The molecule has 0 aliphatic carbocycles. The number of carboxylic acids is 1. The molecule has 8 heteroatoms. The summed E-state index contributed by atoms with van der Waals surface area (Å²) in [6.07, 6.45) is 1.51. The van der Waals surface area contributed by atoms with Gasteiger partial charge in [-0.05, 0) is 62.2 Å². The molecular weight excluding hydrogens is 422 g/mol. The highest BCUT2D eigenvalue weighted by Gasteiger charge is 2.16. The summed E-state index contributed by atoms with van der Waals surface area (Å²) in [6, 6.07) is 15.4. The molecule has 4 N–H and O–H groups in total. The van der Waals surface area contributed by atoms with E-state index in [2.05, 4.69) is 21.4 Å². The van der Waals surface area contributed by atoms with E-state index < -0.39 is 17.7 Å². The number of carbonyl (C=O) groups is 2. The number of nitrogens with one attached hydrogen (secondary N) is 3. The zero-order valence-corrected chi connectivity index (χ0v) is 19.0. The molecule has 4 rings (SSSR count). The van der Waals surface area contributed by atoms with E-state index >= 15 is 0 Å². The minimum Gasteiger partial charge on any atom is -0.481 e. The molecule has 0 aliphatic heterocycles. The predicted octanol–water partition coefficient (Wildman–Crippen LogP) is 5.50. The lowest BCUT2D eigenvalue weighted by molar-refractivity contribution is -0.136. The van der Waals surface area contributed by atoms with Crippen molar-refractivity contribution < 1.29 is 19.4 Å². The van der Waals surface area contributed by atoms with Gasteiger partial charge in [0.2, 0.25) is 0 Å². The number of rotatable bonds is 3. The average molecular weight is 450 g/mol. The molecule has 8 nitrogen and oxygen atoms in total. The van der Waals surface area contributed by atoms with Crippen LogP contribution in [-0.2, 0) is 9.53 Å². The molecule has 2 aromatic carbocycles. The number of aromatic amines is 2. The van der Waals surface area contributed by atoms with Gasteiger partial charge in [-0.25, -0.2) is 4.79 Å². The van der Waals surface area contributed by atoms with Crippen LogP contribution in [0.25, 0.3) is 32.9 Å². The Hall–Kier alpha value is -4.07. The Morgan fingerprint density at radius 2 is 1.64 bits per heavy atom. The summed E-state index contributed by atoms with van der Waals surface area (Å²) in [5.74, 6) is -0.745. The molecule has 0 saturated heterocycles. The number of hydrogen-bond acceptors (Lipinski definition) is 4. The number of anilines is 1. The normalized spacial score (nSPS) is 11.0. The van der Waals surface area contributed by atoms with Crippen LogP contribution in [0.1, 0.15) is 34.1 Å². The van der Waals surface area contributed by atoms with Crippen LogP contribution >= 0.6 is 0 Å². The zero-order valence-electron chi connectivity index (χ0n) is 19.0. The van der Waals surface area contributed by atoms with Gasteiger partial charge >= 0.3 is 12.1 Å². The third-order valence-corrected chi connectivity index (χ3v) is 4.70. The Morgan fingerprint density at radius 1 is 1.00 bits per heavy atom. The van der Waals surface area contributed by atoms with Gasteiger partial charge in [-0.15, -0.1) is 0 Å². The number of aromatic nitrogens is 2. The van der Waals surface area contributed by atoms with Gasteiger partial charge in [0.15, 0.2) is 0 Å². The Bertz CT molecular complexity index is 1340. The number of fused-ring (bicyclic) bond motifs is 3. The monoisotopic (exact) mass is 449 g/mol. The van der Waals surface area contributed by atoms with Crippen LogP contribution < -0.4 is 10.9 Å². The summed E-state index contributed by atoms with van der Waals surface area (Å²) in [5, 5.41) is 12.3. The van der Waals surface area contributed by atoms with Gasteiger partial charge in [0.05, 0.1) is 0 Å². The number of carboxylic acid groups (broad SMARTS) is 1. The van der Waals surface area contributed by atoms with Crippen LogP contribution in [0.3, 0.4) is 0 Å². The molecule has 0 fully saturated rings. The van der Waals surface area contributed by atoms with Gasteiger partial charge in [-0.1, -0.05) is 25.1 Å². The van der Waals surface area contributed by atoms with Crippen molar-refractivity contribution in [3.63, 3.8) is 0 Å². The maximum atomic E-state index is 12.1. The first kappa shape index (κ1) is 23.6. The number of benzene rings is 2. The minimum atomic E-state index is -0.745. The molecule has 2 heterocycles. The van der Waals surface area contributed by atoms with Gasteiger partial charge in [0.1, 0.15) is 11.1 Å². The highest BCUT2D eigenvalue weighted by Crippen LogP contribution is 2.28. The lowest BCUT2D eigenvalue weighted by Crippen LogP contribution is -2.27. The topological polar surface area (TPSA) is 124 Å². The van der Waals surface area contributed by atoms with Crippen molar-refractivity contribution in [3.8, 4) is 11.1 Å². The van der Waals surface area contributed by atoms with E-state index in [0.29, 0.717) is 11.2 Å². The number of aliphatic carboxylic acids is 1. The molecule has 0 bridgehead atoms. The Labute approximate surface area is 190 Å². The number of H-pyrrole nitrogens is 2. The van der Waals surface area contributed by atoms with E-state index in [0.717, 1.165) is 27.4 Å². The molecule has 0 saturated carbocycles. The highest BCUT2D eigenvalue weighted by molar-refractivity contribution is 6.05. The maximum Gasteiger partial charge on any atom is 0.412 e. The SMILES string of the molecule is CC(C)(C)OC(=O)Nc1ccc(-c2ccc3[nH]c(=O)c4[nH]ccc4c3c2)cc1.CCC(=O)O. The summed E-state index contributed by atoms with van der Waals surface area (Å²) < 4.78 is 5.27. The first-order valence-corrected chi connectivity index (χ1v) is 10.5. The molecule has 0 atom stereocenters. The predicted molar refractivity (Wildman–Crippen MR) is 130 cm³/mol. The van der Waals surface area contributed by atoms with Crippen molar-refractivity contribution in [2.45, 2.75) is 39.7 Å². The second kappa shape index (κ2) is 9.60. The third kappa shape index (κ3) is 6.00.